The SMILES string of the molecule is CCCOCC(NN)c1ccc(Br)c(C)c1. The van der Waals surface area contributed by atoms with Crippen LogP contribution in [0.2, 0.25) is 0 Å². The van der Waals surface area contributed by atoms with Gasteiger partial charge >= 0.3 is 0 Å². The van der Waals surface area contributed by atoms with E-state index in [4.69, 9.17) is 10.6 Å². The average Bonchev–Trinajstić information content (AvgIpc) is 2.29. The van der Waals surface area contributed by atoms with E-state index in [-0.39, 0.29) is 6.04 Å². The molecule has 1 atom stereocenters. The highest BCUT2D eigenvalue weighted by Gasteiger charge is 2.10. The molecule has 0 aliphatic rings. The lowest BCUT2D eigenvalue weighted by molar-refractivity contribution is 0.112. The zero-order valence-corrected chi connectivity index (χ0v) is 11.4. The van der Waals surface area contributed by atoms with Crippen LogP contribution in [0.1, 0.15) is 30.5 Å². The average molecular weight is 287 g/mol. The fourth-order valence-corrected chi connectivity index (χ4v) is 1.72. The molecule has 3 N–H and O–H groups in total. The summed E-state index contributed by atoms with van der Waals surface area (Å²) in [5.41, 5.74) is 5.14. The summed E-state index contributed by atoms with van der Waals surface area (Å²) in [5.74, 6) is 5.53. The predicted octanol–water partition coefficient (Wildman–Crippen LogP) is 2.69. The van der Waals surface area contributed by atoms with E-state index in [9.17, 15) is 0 Å². The van der Waals surface area contributed by atoms with Crippen molar-refractivity contribution < 1.29 is 4.74 Å². The molecule has 0 saturated heterocycles. The summed E-state index contributed by atoms with van der Waals surface area (Å²) in [7, 11) is 0. The Morgan fingerprint density at radius 1 is 1.50 bits per heavy atom. The molecule has 0 aliphatic carbocycles. The molecule has 0 aromatic heterocycles. The highest BCUT2D eigenvalue weighted by molar-refractivity contribution is 9.10. The van der Waals surface area contributed by atoms with E-state index >= 15 is 0 Å². The molecule has 1 aromatic rings. The minimum atomic E-state index is 0.0540. The van der Waals surface area contributed by atoms with Crippen LogP contribution in [0, 0.1) is 6.92 Å². The molecule has 0 amide bonds. The molecule has 0 aliphatic heterocycles. The third-order valence-electron chi connectivity index (χ3n) is 2.42. The number of aryl methyl sites for hydroxylation is 1. The van der Waals surface area contributed by atoms with E-state index in [1.165, 1.54) is 5.56 Å². The summed E-state index contributed by atoms with van der Waals surface area (Å²) in [4.78, 5) is 0. The van der Waals surface area contributed by atoms with Crippen molar-refractivity contribution in [2.75, 3.05) is 13.2 Å². The molecule has 0 heterocycles. The van der Waals surface area contributed by atoms with Gasteiger partial charge in [0.2, 0.25) is 0 Å². The summed E-state index contributed by atoms with van der Waals surface area (Å²) < 4.78 is 6.62. The Kier molecular flexibility index (Phi) is 5.98. The van der Waals surface area contributed by atoms with E-state index in [1.54, 1.807) is 0 Å². The lowest BCUT2D eigenvalue weighted by Crippen LogP contribution is -2.31. The molecule has 0 saturated carbocycles. The standard InChI is InChI=1S/C12H19BrN2O/c1-3-6-16-8-12(15-14)10-4-5-11(13)9(2)7-10/h4-5,7,12,15H,3,6,8,14H2,1-2H3. The molecule has 4 heteroatoms. The molecule has 0 radical (unpaired) electrons. The molecule has 16 heavy (non-hydrogen) atoms. The van der Waals surface area contributed by atoms with Crippen molar-refractivity contribution in [1.29, 1.82) is 0 Å². The lowest BCUT2D eigenvalue weighted by atomic mass is 10.1. The highest BCUT2D eigenvalue weighted by Crippen LogP contribution is 2.21. The minimum Gasteiger partial charge on any atom is -0.379 e. The molecule has 0 fully saturated rings. The highest BCUT2D eigenvalue weighted by atomic mass is 79.9. The van der Waals surface area contributed by atoms with Gasteiger partial charge in [-0.1, -0.05) is 35.0 Å². The number of rotatable bonds is 6. The van der Waals surface area contributed by atoms with Crippen LogP contribution in [0.3, 0.4) is 0 Å². The van der Waals surface area contributed by atoms with Gasteiger partial charge in [-0.3, -0.25) is 11.3 Å². The van der Waals surface area contributed by atoms with Crippen molar-refractivity contribution in [3.63, 3.8) is 0 Å². The Morgan fingerprint density at radius 2 is 2.25 bits per heavy atom. The second-order valence-electron chi connectivity index (χ2n) is 3.80. The maximum atomic E-state index is 5.53. The van der Waals surface area contributed by atoms with Gasteiger partial charge in [-0.15, -0.1) is 0 Å². The maximum absolute atomic E-state index is 5.53. The van der Waals surface area contributed by atoms with E-state index < -0.39 is 0 Å². The van der Waals surface area contributed by atoms with Crippen LogP contribution in [0.5, 0.6) is 0 Å². The van der Waals surface area contributed by atoms with Crippen LogP contribution in [0.25, 0.3) is 0 Å². The van der Waals surface area contributed by atoms with Gasteiger partial charge in [0.1, 0.15) is 0 Å². The fourth-order valence-electron chi connectivity index (χ4n) is 1.47. The van der Waals surface area contributed by atoms with E-state index in [0.717, 1.165) is 23.1 Å². The van der Waals surface area contributed by atoms with Gasteiger partial charge in [-0.25, -0.2) is 0 Å². The summed E-state index contributed by atoms with van der Waals surface area (Å²) in [5, 5.41) is 0. The zero-order valence-electron chi connectivity index (χ0n) is 9.79. The van der Waals surface area contributed by atoms with Crippen LogP contribution >= 0.6 is 15.9 Å². The fraction of sp³-hybridized carbons (Fsp3) is 0.500. The number of hydrazine groups is 1. The van der Waals surface area contributed by atoms with Gasteiger partial charge in [-0.05, 0) is 30.5 Å². The van der Waals surface area contributed by atoms with Gasteiger partial charge in [0.05, 0.1) is 12.6 Å². The monoisotopic (exact) mass is 286 g/mol. The molecular formula is C12H19BrN2O. The van der Waals surface area contributed by atoms with Crippen molar-refractivity contribution >= 4 is 15.9 Å². The second kappa shape index (κ2) is 7.01. The first-order chi connectivity index (χ1) is 7.69. The molecular weight excluding hydrogens is 268 g/mol. The Morgan fingerprint density at radius 3 is 2.81 bits per heavy atom. The first kappa shape index (κ1) is 13.6. The second-order valence-corrected chi connectivity index (χ2v) is 4.66. The van der Waals surface area contributed by atoms with Crippen molar-refractivity contribution in [3.05, 3.63) is 33.8 Å². The third kappa shape index (κ3) is 3.87. The summed E-state index contributed by atoms with van der Waals surface area (Å²) >= 11 is 3.48. The van der Waals surface area contributed by atoms with Crippen LogP contribution in [-0.2, 0) is 4.74 Å². The van der Waals surface area contributed by atoms with Crippen molar-refractivity contribution in [3.8, 4) is 0 Å². The topological polar surface area (TPSA) is 47.3 Å². The number of benzene rings is 1. The number of nitrogens with two attached hydrogens (primary N) is 1. The van der Waals surface area contributed by atoms with E-state index in [1.807, 2.05) is 6.07 Å². The molecule has 90 valence electrons. The predicted molar refractivity (Wildman–Crippen MR) is 70.1 cm³/mol. The van der Waals surface area contributed by atoms with Crippen molar-refractivity contribution in [2.24, 2.45) is 5.84 Å². The van der Waals surface area contributed by atoms with Crippen LogP contribution in [0.15, 0.2) is 22.7 Å². The summed E-state index contributed by atoms with van der Waals surface area (Å²) in [6.45, 7) is 5.53. The van der Waals surface area contributed by atoms with Gasteiger partial charge < -0.3 is 4.74 Å². The normalized spacial score (nSPS) is 12.8. The Hall–Kier alpha value is -0.420. The lowest BCUT2D eigenvalue weighted by Gasteiger charge is -2.17. The quantitative estimate of drug-likeness (QED) is 0.480. The van der Waals surface area contributed by atoms with Gasteiger partial charge in [0.25, 0.3) is 0 Å². The zero-order chi connectivity index (χ0) is 12.0. The first-order valence-electron chi connectivity index (χ1n) is 5.49. The number of ether oxygens (including phenoxy) is 1. The molecule has 0 spiro atoms. The van der Waals surface area contributed by atoms with Gasteiger partial charge in [-0.2, -0.15) is 0 Å². The van der Waals surface area contributed by atoms with Gasteiger partial charge in [0.15, 0.2) is 0 Å². The van der Waals surface area contributed by atoms with Crippen molar-refractivity contribution in [1.82, 2.24) is 5.43 Å². The number of hydrogen-bond acceptors (Lipinski definition) is 3. The first-order valence-corrected chi connectivity index (χ1v) is 6.28. The minimum absolute atomic E-state index is 0.0540. The van der Waals surface area contributed by atoms with Crippen LogP contribution in [-0.4, -0.2) is 13.2 Å². The summed E-state index contributed by atoms with van der Waals surface area (Å²) in [6.07, 6.45) is 1.02. The third-order valence-corrected chi connectivity index (χ3v) is 3.31. The van der Waals surface area contributed by atoms with Crippen LogP contribution < -0.4 is 11.3 Å². The number of halogens is 1. The number of hydrogen-bond donors (Lipinski definition) is 2. The Bertz CT molecular complexity index is 331. The van der Waals surface area contributed by atoms with Crippen LogP contribution in [0.4, 0.5) is 0 Å². The smallest absolute Gasteiger partial charge is 0.0694 e. The molecule has 3 nitrogen and oxygen atoms in total. The van der Waals surface area contributed by atoms with Crippen molar-refractivity contribution in [2.45, 2.75) is 26.3 Å². The molecule has 0 bridgehead atoms. The molecule has 1 unspecified atom stereocenters. The number of nitrogens with one attached hydrogen (secondary N) is 1. The Labute approximate surface area is 105 Å². The largest absolute Gasteiger partial charge is 0.379 e. The van der Waals surface area contributed by atoms with E-state index in [2.05, 4.69) is 47.3 Å². The molecule has 1 rings (SSSR count). The van der Waals surface area contributed by atoms with Gasteiger partial charge in [0, 0.05) is 11.1 Å². The maximum Gasteiger partial charge on any atom is 0.0694 e. The Balaban J connectivity index is 2.67. The van der Waals surface area contributed by atoms with E-state index in [0.29, 0.717) is 6.61 Å². The summed E-state index contributed by atoms with van der Waals surface area (Å²) in [6, 6.07) is 6.26. The molecule has 1 aromatic carbocycles.